The molecule has 0 aromatic carbocycles. The highest BCUT2D eigenvalue weighted by Crippen LogP contribution is 2.20. The number of aromatic nitrogens is 1. The Kier molecular flexibility index (Phi) is 5.17. The van der Waals surface area contributed by atoms with Crippen LogP contribution in [0.15, 0.2) is 10.9 Å². The van der Waals surface area contributed by atoms with E-state index in [-0.39, 0.29) is 17.0 Å². The number of pyridine rings is 1. The SMILES string of the molecule is Cc1cc(=O)c(C#N)c(N2CCC(NC(=O)OC(C)(C)C)CC2)[nH]1. The molecule has 0 radical (unpaired) electrons. The van der Waals surface area contributed by atoms with Gasteiger partial charge in [-0.1, -0.05) is 0 Å². The van der Waals surface area contributed by atoms with E-state index < -0.39 is 11.7 Å². The molecule has 2 rings (SSSR count). The van der Waals surface area contributed by atoms with Gasteiger partial charge in [-0.3, -0.25) is 4.79 Å². The molecular formula is C17H24N4O3. The number of piperidine rings is 1. The Labute approximate surface area is 141 Å². The summed E-state index contributed by atoms with van der Waals surface area (Å²) in [5.41, 5.74) is 0.0768. The summed E-state index contributed by atoms with van der Waals surface area (Å²) in [5, 5.41) is 12.1. The van der Waals surface area contributed by atoms with Gasteiger partial charge < -0.3 is 19.9 Å². The van der Waals surface area contributed by atoms with Crippen molar-refractivity contribution in [2.75, 3.05) is 18.0 Å². The number of H-pyrrole nitrogens is 1. The number of alkyl carbamates (subject to hydrolysis) is 1. The second kappa shape index (κ2) is 6.95. The van der Waals surface area contributed by atoms with Crippen LogP contribution in [0.3, 0.4) is 0 Å². The number of nitrogens with one attached hydrogen (secondary N) is 2. The number of carbonyl (C=O) groups excluding carboxylic acids is 1. The summed E-state index contributed by atoms with van der Waals surface area (Å²) < 4.78 is 5.27. The molecule has 0 bridgehead atoms. The number of rotatable bonds is 2. The van der Waals surface area contributed by atoms with E-state index in [1.807, 2.05) is 31.7 Å². The van der Waals surface area contributed by atoms with Crippen LogP contribution in [0.2, 0.25) is 0 Å². The molecule has 2 heterocycles. The highest BCUT2D eigenvalue weighted by Gasteiger charge is 2.25. The third-order valence-electron chi connectivity index (χ3n) is 3.79. The van der Waals surface area contributed by atoms with Crippen molar-refractivity contribution in [3.63, 3.8) is 0 Å². The van der Waals surface area contributed by atoms with Gasteiger partial charge in [0.2, 0.25) is 5.43 Å². The normalized spacial score (nSPS) is 15.7. The van der Waals surface area contributed by atoms with Crippen molar-refractivity contribution in [3.05, 3.63) is 27.5 Å². The van der Waals surface area contributed by atoms with Crippen molar-refractivity contribution in [3.8, 4) is 6.07 Å². The second-order valence-corrected chi connectivity index (χ2v) is 7.06. The predicted molar refractivity (Wildman–Crippen MR) is 91.1 cm³/mol. The van der Waals surface area contributed by atoms with Crippen molar-refractivity contribution < 1.29 is 9.53 Å². The lowest BCUT2D eigenvalue weighted by Crippen LogP contribution is -2.46. The van der Waals surface area contributed by atoms with E-state index in [2.05, 4.69) is 10.3 Å². The number of aromatic amines is 1. The molecule has 2 N–H and O–H groups in total. The van der Waals surface area contributed by atoms with E-state index in [0.29, 0.717) is 18.9 Å². The molecule has 7 nitrogen and oxygen atoms in total. The molecule has 24 heavy (non-hydrogen) atoms. The topological polar surface area (TPSA) is 98.2 Å². The monoisotopic (exact) mass is 332 g/mol. The lowest BCUT2D eigenvalue weighted by molar-refractivity contribution is 0.0497. The summed E-state index contributed by atoms with van der Waals surface area (Å²) in [5.74, 6) is 0.568. The number of ether oxygens (including phenoxy) is 1. The van der Waals surface area contributed by atoms with Gasteiger partial charge in [0.25, 0.3) is 0 Å². The Balaban J connectivity index is 2.00. The molecule has 0 saturated carbocycles. The van der Waals surface area contributed by atoms with E-state index in [0.717, 1.165) is 18.5 Å². The molecule has 1 saturated heterocycles. The van der Waals surface area contributed by atoms with Crippen LogP contribution in [0.25, 0.3) is 0 Å². The average molecular weight is 332 g/mol. The number of carbonyl (C=O) groups is 1. The van der Waals surface area contributed by atoms with E-state index in [1.54, 1.807) is 6.92 Å². The maximum Gasteiger partial charge on any atom is 0.407 e. The molecule has 0 unspecified atom stereocenters. The summed E-state index contributed by atoms with van der Waals surface area (Å²) in [7, 11) is 0. The van der Waals surface area contributed by atoms with Gasteiger partial charge in [0.15, 0.2) is 0 Å². The zero-order valence-electron chi connectivity index (χ0n) is 14.6. The van der Waals surface area contributed by atoms with Gasteiger partial charge in [-0.25, -0.2) is 4.79 Å². The maximum atomic E-state index is 11.9. The standard InChI is InChI=1S/C17H24N4O3/c1-11-9-14(22)13(10-18)15(19-11)21-7-5-12(6-8-21)20-16(23)24-17(2,3)4/h9,12H,5-8H2,1-4H3,(H,19,22)(H,20,23). The van der Waals surface area contributed by atoms with Gasteiger partial charge in [0.1, 0.15) is 23.1 Å². The Morgan fingerprint density at radius 3 is 2.58 bits per heavy atom. The molecule has 0 spiro atoms. The highest BCUT2D eigenvalue weighted by atomic mass is 16.6. The van der Waals surface area contributed by atoms with E-state index in [1.165, 1.54) is 6.07 Å². The molecule has 1 amide bonds. The molecule has 1 aromatic rings. The zero-order valence-corrected chi connectivity index (χ0v) is 14.6. The lowest BCUT2D eigenvalue weighted by atomic mass is 10.0. The van der Waals surface area contributed by atoms with Crippen LogP contribution >= 0.6 is 0 Å². The maximum absolute atomic E-state index is 11.9. The number of anilines is 1. The van der Waals surface area contributed by atoms with Crippen LogP contribution in [-0.4, -0.2) is 35.8 Å². The van der Waals surface area contributed by atoms with Crippen LogP contribution in [-0.2, 0) is 4.74 Å². The van der Waals surface area contributed by atoms with Crippen LogP contribution in [0.5, 0.6) is 0 Å². The largest absolute Gasteiger partial charge is 0.444 e. The van der Waals surface area contributed by atoms with Crippen LogP contribution < -0.4 is 15.6 Å². The van der Waals surface area contributed by atoms with Gasteiger partial charge in [-0.2, -0.15) is 5.26 Å². The third-order valence-corrected chi connectivity index (χ3v) is 3.79. The Bertz CT molecular complexity index is 704. The summed E-state index contributed by atoms with van der Waals surface area (Å²) in [6, 6.07) is 3.44. The fraction of sp³-hybridized carbons (Fsp3) is 0.588. The molecule has 0 aliphatic carbocycles. The van der Waals surface area contributed by atoms with Crippen molar-refractivity contribution in [1.82, 2.24) is 10.3 Å². The molecule has 1 aliphatic heterocycles. The highest BCUT2D eigenvalue weighted by molar-refractivity contribution is 5.68. The van der Waals surface area contributed by atoms with Gasteiger partial charge in [-0.05, 0) is 40.5 Å². The fourth-order valence-electron chi connectivity index (χ4n) is 2.74. The summed E-state index contributed by atoms with van der Waals surface area (Å²) in [6.45, 7) is 8.57. The predicted octanol–water partition coefficient (Wildman–Crippen LogP) is 2.05. The minimum atomic E-state index is -0.520. The number of nitriles is 1. The fourth-order valence-corrected chi connectivity index (χ4v) is 2.74. The zero-order chi connectivity index (χ0) is 17.9. The molecule has 1 aromatic heterocycles. The summed E-state index contributed by atoms with van der Waals surface area (Å²) in [4.78, 5) is 28.9. The van der Waals surface area contributed by atoms with Gasteiger partial charge in [-0.15, -0.1) is 0 Å². The lowest BCUT2D eigenvalue weighted by Gasteiger charge is -2.34. The average Bonchev–Trinajstić information content (AvgIpc) is 2.45. The molecule has 7 heteroatoms. The Morgan fingerprint density at radius 2 is 2.04 bits per heavy atom. The smallest absolute Gasteiger partial charge is 0.407 e. The quantitative estimate of drug-likeness (QED) is 0.863. The number of aryl methyl sites for hydroxylation is 1. The number of hydrogen-bond donors (Lipinski definition) is 2. The number of hydrogen-bond acceptors (Lipinski definition) is 5. The van der Waals surface area contributed by atoms with Crippen LogP contribution in [0.1, 0.15) is 44.9 Å². The molecule has 1 aliphatic rings. The molecular weight excluding hydrogens is 308 g/mol. The van der Waals surface area contributed by atoms with Crippen molar-refractivity contribution in [2.45, 2.75) is 52.2 Å². The van der Waals surface area contributed by atoms with Crippen molar-refractivity contribution >= 4 is 11.9 Å². The van der Waals surface area contributed by atoms with E-state index in [9.17, 15) is 14.9 Å². The first kappa shape index (κ1) is 17.9. The van der Waals surface area contributed by atoms with Crippen LogP contribution in [0, 0.1) is 18.3 Å². The van der Waals surface area contributed by atoms with E-state index in [4.69, 9.17) is 4.74 Å². The molecule has 1 fully saturated rings. The Hall–Kier alpha value is -2.49. The minimum Gasteiger partial charge on any atom is -0.444 e. The first-order valence-electron chi connectivity index (χ1n) is 8.08. The molecule has 0 atom stereocenters. The van der Waals surface area contributed by atoms with E-state index >= 15 is 0 Å². The third kappa shape index (κ3) is 4.51. The first-order chi connectivity index (χ1) is 11.2. The number of nitrogens with zero attached hydrogens (tertiary/aromatic N) is 2. The van der Waals surface area contributed by atoms with Gasteiger partial charge >= 0.3 is 6.09 Å². The van der Waals surface area contributed by atoms with Crippen LogP contribution in [0.4, 0.5) is 10.6 Å². The number of amides is 1. The van der Waals surface area contributed by atoms with Crippen molar-refractivity contribution in [2.24, 2.45) is 0 Å². The minimum absolute atomic E-state index is 0.0261. The first-order valence-corrected chi connectivity index (χ1v) is 8.08. The molecule has 130 valence electrons. The summed E-state index contributed by atoms with van der Waals surface area (Å²) >= 11 is 0. The second-order valence-electron chi connectivity index (χ2n) is 7.06. The van der Waals surface area contributed by atoms with Crippen molar-refractivity contribution in [1.29, 1.82) is 5.26 Å². The Morgan fingerprint density at radius 1 is 1.42 bits per heavy atom. The van der Waals surface area contributed by atoms with Gasteiger partial charge in [0.05, 0.1) is 0 Å². The van der Waals surface area contributed by atoms with Gasteiger partial charge in [0, 0.05) is 30.9 Å². The summed E-state index contributed by atoms with van der Waals surface area (Å²) in [6.07, 6.45) is 1.03.